The maximum atomic E-state index is 14.0. The number of pyridine rings is 2. The van der Waals surface area contributed by atoms with Crippen LogP contribution in [-0.2, 0) is 11.2 Å². The van der Waals surface area contributed by atoms with Crippen LogP contribution in [0.4, 0.5) is 8.78 Å². The van der Waals surface area contributed by atoms with E-state index in [1.165, 1.54) is 10.7 Å². The number of hydrogen-bond donors (Lipinski definition) is 2. The maximum Gasteiger partial charge on any atom is 0.147 e. The first-order valence-electron chi connectivity index (χ1n) is 13.9. The minimum atomic E-state index is -0.747. The smallest absolute Gasteiger partial charge is 0.147 e. The van der Waals surface area contributed by atoms with E-state index < -0.39 is 11.6 Å². The normalized spacial score (nSPS) is 17.1. The van der Waals surface area contributed by atoms with Gasteiger partial charge >= 0.3 is 0 Å². The number of aliphatic imine (C=N–C) groups is 1. The number of likely N-dealkylation sites (tertiary alicyclic amines) is 1. The number of nitrogens with two attached hydrogens (primary N) is 1. The van der Waals surface area contributed by atoms with Crippen molar-refractivity contribution in [3.63, 3.8) is 0 Å². The Bertz CT molecular complexity index is 1470. The van der Waals surface area contributed by atoms with Crippen LogP contribution in [0.1, 0.15) is 50.4 Å². The van der Waals surface area contributed by atoms with Gasteiger partial charge in [0, 0.05) is 43.4 Å². The van der Waals surface area contributed by atoms with Gasteiger partial charge in [-0.1, -0.05) is 0 Å². The van der Waals surface area contributed by atoms with Gasteiger partial charge in [0.05, 0.1) is 55.7 Å². The zero-order valence-corrected chi connectivity index (χ0v) is 24.0. The Morgan fingerprint density at radius 1 is 1.26 bits per heavy atom. The van der Waals surface area contributed by atoms with E-state index in [1.54, 1.807) is 26.1 Å². The molecule has 0 aromatic carbocycles. The summed E-state index contributed by atoms with van der Waals surface area (Å²) in [5.74, 6) is 4.67. The van der Waals surface area contributed by atoms with Crippen LogP contribution in [0.2, 0.25) is 0 Å². The van der Waals surface area contributed by atoms with Crippen LogP contribution in [0, 0.1) is 23.0 Å². The van der Waals surface area contributed by atoms with E-state index in [1.807, 2.05) is 6.92 Å². The van der Waals surface area contributed by atoms with E-state index in [9.17, 15) is 14.0 Å². The second kappa shape index (κ2) is 14.3. The first-order chi connectivity index (χ1) is 20.2. The SMILES string of the molecule is CC(=NC1CCN(C2COC2)CC1)/C(=N\N)c1cc(OCCc2ncc(F)cc2F)c2c(C#N)cnn2c1.CC(C)O. The molecule has 0 radical (unpaired) electrons. The Balaban J connectivity index is 0.000000952. The third-order valence-corrected chi connectivity index (χ3v) is 6.94. The predicted octanol–water partition coefficient (Wildman–Crippen LogP) is 2.87. The van der Waals surface area contributed by atoms with Crippen molar-refractivity contribution in [1.82, 2.24) is 19.5 Å². The number of fused-ring (bicyclic) bond motifs is 1. The largest absolute Gasteiger partial charge is 0.491 e. The molecule has 2 saturated heterocycles. The summed E-state index contributed by atoms with van der Waals surface area (Å²) >= 11 is 0. The number of piperidine rings is 1. The number of hydrogen-bond acceptors (Lipinski definition) is 10. The summed E-state index contributed by atoms with van der Waals surface area (Å²) in [7, 11) is 0. The highest BCUT2D eigenvalue weighted by atomic mass is 19.1. The molecule has 11 nitrogen and oxygen atoms in total. The predicted molar refractivity (Wildman–Crippen MR) is 154 cm³/mol. The minimum Gasteiger partial charge on any atom is -0.491 e. The third-order valence-electron chi connectivity index (χ3n) is 6.94. The van der Waals surface area contributed by atoms with Crippen molar-refractivity contribution in [2.24, 2.45) is 15.9 Å². The van der Waals surface area contributed by atoms with Crippen LogP contribution in [0.15, 0.2) is 40.8 Å². The topological polar surface area (TPSA) is 147 Å². The molecule has 42 heavy (non-hydrogen) atoms. The fraction of sp³-hybridized carbons (Fsp3) is 0.483. The van der Waals surface area contributed by atoms with Gasteiger partial charge in [-0.15, -0.1) is 0 Å². The number of nitriles is 1. The number of rotatable bonds is 8. The van der Waals surface area contributed by atoms with E-state index in [2.05, 4.69) is 26.2 Å². The molecule has 2 aliphatic rings. The Morgan fingerprint density at radius 2 is 1.98 bits per heavy atom. The Morgan fingerprint density at radius 3 is 2.57 bits per heavy atom. The van der Waals surface area contributed by atoms with Gasteiger partial charge in [-0.05, 0) is 39.7 Å². The van der Waals surface area contributed by atoms with Crippen LogP contribution in [0.25, 0.3) is 5.52 Å². The fourth-order valence-corrected chi connectivity index (χ4v) is 4.82. The molecule has 3 aromatic heterocycles. The van der Waals surface area contributed by atoms with Gasteiger partial charge in [0.25, 0.3) is 0 Å². The molecule has 3 aromatic rings. The molecule has 3 N–H and O–H groups in total. The first-order valence-corrected chi connectivity index (χ1v) is 13.9. The lowest BCUT2D eigenvalue weighted by molar-refractivity contribution is -0.0709. The molecule has 0 saturated carbocycles. The van der Waals surface area contributed by atoms with E-state index in [0.717, 1.165) is 51.4 Å². The molecule has 0 aliphatic carbocycles. The second-order valence-corrected chi connectivity index (χ2v) is 10.5. The minimum absolute atomic E-state index is 0.0392. The zero-order chi connectivity index (χ0) is 30.2. The summed E-state index contributed by atoms with van der Waals surface area (Å²) in [6.45, 7) is 8.91. The molecule has 0 spiro atoms. The highest BCUT2D eigenvalue weighted by molar-refractivity contribution is 6.47. The molecule has 2 fully saturated rings. The number of hydrazone groups is 1. The monoisotopic (exact) mass is 582 g/mol. The highest BCUT2D eigenvalue weighted by Gasteiger charge is 2.29. The number of aromatic nitrogens is 3. The summed E-state index contributed by atoms with van der Waals surface area (Å²) < 4.78 is 40.0. The lowest BCUT2D eigenvalue weighted by atomic mass is 10.0. The van der Waals surface area contributed by atoms with Gasteiger partial charge < -0.3 is 20.4 Å². The lowest BCUT2D eigenvalue weighted by Gasteiger charge is -2.40. The molecule has 0 unspecified atom stereocenters. The van der Waals surface area contributed by atoms with Crippen molar-refractivity contribution in [1.29, 1.82) is 5.26 Å². The van der Waals surface area contributed by atoms with Crippen LogP contribution < -0.4 is 10.6 Å². The van der Waals surface area contributed by atoms with Crippen molar-refractivity contribution >= 4 is 16.9 Å². The van der Waals surface area contributed by atoms with Crippen molar-refractivity contribution < 1.29 is 23.4 Å². The van der Waals surface area contributed by atoms with E-state index in [4.69, 9.17) is 25.4 Å². The number of ether oxygens (including phenoxy) is 2. The Kier molecular flexibility index (Phi) is 10.5. The first kappa shape index (κ1) is 31.0. The molecule has 0 amide bonds. The molecular formula is C29H36F2N8O3. The van der Waals surface area contributed by atoms with Gasteiger partial charge in [-0.25, -0.2) is 13.3 Å². The van der Waals surface area contributed by atoms with E-state index in [-0.39, 0.29) is 30.9 Å². The number of nitrogens with zero attached hydrogens (tertiary/aromatic N) is 7. The van der Waals surface area contributed by atoms with Crippen LogP contribution in [0.3, 0.4) is 0 Å². The molecule has 0 atom stereocenters. The molecular weight excluding hydrogens is 546 g/mol. The van der Waals surface area contributed by atoms with Crippen molar-refractivity contribution in [2.75, 3.05) is 32.9 Å². The second-order valence-electron chi connectivity index (χ2n) is 10.5. The van der Waals surface area contributed by atoms with Crippen LogP contribution in [0.5, 0.6) is 5.75 Å². The quantitative estimate of drug-likeness (QED) is 0.234. The van der Waals surface area contributed by atoms with Crippen molar-refractivity contribution in [3.8, 4) is 11.8 Å². The molecule has 224 valence electrons. The van der Waals surface area contributed by atoms with Crippen LogP contribution in [-0.4, -0.2) is 87.1 Å². The highest BCUT2D eigenvalue weighted by Crippen LogP contribution is 2.26. The van der Waals surface area contributed by atoms with Gasteiger partial charge in [-0.2, -0.15) is 15.5 Å². The summed E-state index contributed by atoms with van der Waals surface area (Å²) in [6, 6.07) is 5.29. The lowest BCUT2D eigenvalue weighted by Crippen LogP contribution is -2.52. The van der Waals surface area contributed by atoms with Crippen molar-refractivity contribution in [3.05, 3.63) is 59.2 Å². The van der Waals surface area contributed by atoms with Gasteiger partial charge in [0.2, 0.25) is 0 Å². The molecule has 13 heteroatoms. The summed E-state index contributed by atoms with van der Waals surface area (Å²) in [5.41, 5.74) is 2.63. The molecule has 0 bridgehead atoms. The van der Waals surface area contributed by atoms with Gasteiger partial charge in [0.15, 0.2) is 0 Å². The average molecular weight is 583 g/mol. The summed E-state index contributed by atoms with van der Waals surface area (Å²) in [5, 5.41) is 25.9. The molecule has 2 aliphatic heterocycles. The third kappa shape index (κ3) is 7.64. The molecule has 5 heterocycles. The van der Waals surface area contributed by atoms with E-state index in [0.29, 0.717) is 39.9 Å². The maximum absolute atomic E-state index is 14.0. The fourth-order valence-electron chi connectivity index (χ4n) is 4.82. The van der Waals surface area contributed by atoms with Gasteiger partial charge in [0.1, 0.15) is 40.2 Å². The Labute approximate surface area is 243 Å². The van der Waals surface area contributed by atoms with Crippen LogP contribution >= 0.6 is 0 Å². The van der Waals surface area contributed by atoms with Crippen molar-refractivity contribution in [2.45, 2.75) is 58.2 Å². The van der Waals surface area contributed by atoms with E-state index >= 15 is 0 Å². The standard InChI is InChI=1S/C26H28F2N8O2.C3H8O/c1-16(33-20-2-5-35(6-3-20)21-14-37-15-21)25(34-30)17-8-24(26-18(10-29)11-32-36(26)13-17)38-7-4-23-22(28)9-19(27)12-31-23;1-3(2)4/h8-9,11-13,20-21H,2-7,14-15,30H2,1H3;3-4H,1-2H3/b33-16?,34-25+;. The molecule has 5 rings (SSSR count). The average Bonchev–Trinajstić information content (AvgIpc) is 3.33. The van der Waals surface area contributed by atoms with Gasteiger partial charge in [-0.3, -0.25) is 14.9 Å². The number of aliphatic hydroxyl groups is 1. The summed E-state index contributed by atoms with van der Waals surface area (Å²) in [4.78, 5) is 11.2. The summed E-state index contributed by atoms with van der Waals surface area (Å²) in [6.07, 6.45) is 5.93. The zero-order valence-electron chi connectivity index (χ0n) is 24.0. The number of halogens is 2. The number of aliphatic hydroxyl groups excluding tert-OH is 1. The Hall–Kier alpha value is -3.99.